The van der Waals surface area contributed by atoms with E-state index in [1.807, 2.05) is 6.92 Å². The zero-order valence-electron chi connectivity index (χ0n) is 11.5. The Hall–Kier alpha value is -1.76. The summed E-state index contributed by atoms with van der Waals surface area (Å²) in [5.74, 6) is -0.585. The number of hydrogen-bond donors (Lipinski definition) is 2. The molecule has 0 saturated carbocycles. The first-order valence-corrected chi connectivity index (χ1v) is 6.66. The zero-order chi connectivity index (χ0) is 15.6. The number of nitrogens with one attached hydrogen (secondary N) is 1. The van der Waals surface area contributed by atoms with E-state index in [9.17, 15) is 18.0 Å². The molecule has 0 aromatic heterocycles. The summed E-state index contributed by atoms with van der Waals surface area (Å²) in [7, 11) is 0. The topological polar surface area (TPSA) is 64.4 Å². The van der Waals surface area contributed by atoms with Crippen molar-refractivity contribution in [3.63, 3.8) is 0 Å². The van der Waals surface area contributed by atoms with E-state index in [4.69, 9.17) is 10.5 Å². The average Bonchev–Trinajstić information content (AvgIpc) is 2.37. The third-order valence-electron chi connectivity index (χ3n) is 3.45. The van der Waals surface area contributed by atoms with Gasteiger partial charge in [0.15, 0.2) is 0 Å². The Kier molecular flexibility index (Phi) is 4.41. The van der Waals surface area contributed by atoms with E-state index in [0.717, 1.165) is 18.2 Å². The quantitative estimate of drug-likeness (QED) is 0.825. The molecular formula is C14H17F3N2O2. The Labute approximate surface area is 120 Å². The normalized spacial score (nSPS) is 22.9. The lowest BCUT2D eigenvalue weighted by molar-refractivity contribution is -0.137. The number of ether oxygens (including phenoxy) is 1. The summed E-state index contributed by atoms with van der Waals surface area (Å²) < 4.78 is 43.4. The largest absolute Gasteiger partial charge is 0.416 e. The maximum Gasteiger partial charge on any atom is 0.416 e. The van der Waals surface area contributed by atoms with Gasteiger partial charge in [-0.2, -0.15) is 13.2 Å². The summed E-state index contributed by atoms with van der Waals surface area (Å²) in [6.45, 7) is 2.40. The molecule has 1 aromatic carbocycles. The van der Waals surface area contributed by atoms with E-state index in [2.05, 4.69) is 5.32 Å². The summed E-state index contributed by atoms with van der Waals surface area (Å²) in [6, 6.07) is 2.63. The van der Waals surface area contributed by atoms with Crippen LogP contribution in [0.2, 0.25) is 0 Å². The molecule has 1 aromatic rings. The van der Waals surface area contributed by atoms with Crippen LogP contribution < -0.4 is 11.1 Å². The van der Waals surface area contributed by atoms with Gasteiger partial charge in [0.05, 0.1) is 17.2 Å². The first kappa shape index (κ1) is 15.6. The summed E-state index contributed by atoms with van der Waals surface area (Å²) in [5.41, 5.74) is 4.61. The zero-order valence-corrected chi connectivity index (χ0v) is 11.5. The molecule has 116 valence electrons. The van der Waals surface area contributed by atoms with Gasteiger partial charge in [0.2, 0.25) is 0 Å². The SMILES string of the molecule is CC1CC(NC(=O)c2cc(C(F)(F)F)ccc2N)CCO1. The van der Waals surface area contributed by atoms with E-state index in [0.29, 0.717) is 19.4 Å². The van der Waals surface area contributed by atoms with Gasteiger partial charge in [0, 0.05) is 18.3 Å². The maximum absolute atomic E-state index is 12.7. The van der Waals surface area contributed by atoms with Crippen molar-refractivity contribution in [1.82, 2.24) is 5.32 Å². The van der Waals surface area contributed by atoms with Gasteiger partial charge >= 0.3 is 6.18 Å². The fourth-order valence-corrected chi connectivity index (χ4v) is 2.32. The second-order valence-corrected chi connectivity index (χ2v) is 5.18. The van der Waals surface area contributed by atoms with Gasteiger partial charge in [-0.25, -0.2) is 0 Å². The summed E-state index contributed by atoms with van der Waals surface area (Å²) in [4.78, 5) is 12.1. The number of carbonyl (C=O) groups is 1. The molecule has 2 unspecified atom stereocenters. The van der Waals surface area contributed by atoms with Crippen molar-refractivity contribution in [1.29, 1.82) is 0 Å². The lowest BCUT2D eigenvalue weighted by atomic mass is 10.0. The molecule has 0 radical (unpaired) electrons. The first-order valence-electron chi connectivity index (χ1n) is 6.66. The highest BCUT2D eigenvalue weighted by Gasteiger charge is 2.32. The standard InChI is InChI=1S/C14H17F3N2O2/c1-8-6-10(4-5-21-8)19-13(20)11-7-9(14(15,16)17)2-3-12(11)18/h2-3,7-8,10H,4-6,18H2,1H3,(H,19,20). The van der Waals surface area contributed by atoms with Crippen LogP contribution in [0.5, 0.6) is 0 Å². The minimum absolute atomic E-state index is 0.0166. The van der Waals surface area contributed by atoms with Crippen molar-refractivity contribution in [2.24, 2.45) is 0 Å². The van der Waals surface area contributed by atoms with Crippen LogP contribution in [0.15, 0.2) is 18.2 Å². The van der Waals surface area contributed by atoms with E-state index >= 15 is 0 Å². The van der Waals surface area contributed by atoms with Gasteiger partial charge in [0.1, 0.15) is 0 Å². The van der Waals surface area contributed by atoms with Crippen molar-refractivity contribution >= 4 is 11.6 Å². The van der Waals surface area contributed by atoms with Crippen LogP contribution in [-0.4, -0.2) is 24.7 Å². The highest BCUT2D eigenvalue weighted by Crippen LogP contribution is 2.31. The summed E-state index contributed by atoms with van der Waals surface area (Å²) in [5, 5.41) is 2.72. The van der Waals surface area contributed by atoms with Crippen molar-refractivity contribution in [2.75, 3.05) is 12.3 Å². The smallest absolute Gasteiger partial charge is 0.398 e. The minimum atomic E-state index is -4.50. The van der Waals surface area contributed by atoms with Gasteiger partial charge in [-0.3, -0.25) is 4.79 Å². The van der Waals surface area contributed by atoms with E-state index in [-0.39, 0.29) is 23.4 Å². The maximum atomic E-state index is 12.7. The predicted molar refractivity (Wildman–Crippen MR) is 71.8 cm³/mol. The molecule has 0 bridgehead atoms. The van der Waals surface area contributed by atoms with E-state index < -0.39 is 17.6 Å². The number of nitrogens with two attached hydrogens (primary N) is 1. The molecule has 0 spiro atoms. The molecule has 1 aliphatic rings. The summed E-state index contributed by atoms with van der Waals surface area (Å²) >= 11 is 0. The van der Waals surface area contributed by atoms with Gasteiger partial charge < -0.3 is 15.8 Å². The number of benzene rings is 1. The molecule has 7 heteroatoms. The van der Waals surface area contributed by atoms with Crippen molar-refractivity contribution in [2.45, 2.75) is 38.1 Å². The molecular weight excluding hydrogens is 285 g/mol. The van der Waals surface area contributed by atoms with E-state index in [1.54, 1.807) is 0 Å². The average molecular weight is 302 g/mol. The minimum Gasteiger partial charge on any atom is -0.398 e. The molecule has 2 atom stereocenters. The molecule has 0 aliphatic carbocycles. The number of rotatable bonds is 2. The third kappa shape index (κ3) is 3.87. The number of amides is 1. The second-order valence-electron chi connectivity index (χ2n) is 5.18. The molecule has 21 heavy (non-hydrogen) atoms. The third-order valence-corrected chi connectivity index (χ3v) is 3.45. The Morgan fingerprint density at radius 1 is 1.43 bits per heavy atom. The fourth-order valence-electron chi connectivity index (χ4n) is 2.32. The van der Waals surface area contributed by atoms with Crippen LogP contribution in [0.1, 0.15) is 35.7 Å². The van der Waals surface area contributed by atoms with Crippen molar-refractivity contribution in [3.05, 3.63) is 29.3 Å². The first-order chi connectivity index (χ1) is 9.77. The molecule has 1 amide bonds. The number of halogens is 3. The van der Waals surface area contributed by atoms with Crippen LogP contribution in [0, 0.1) is 0 Å². The van der Waals surface area contributed by atoms with Gasteiger partial charge in [-0.05, 0) is 38.0 Å². The van der Waals surface area contributed by atoms with Gasteiger partial charge in [-0.15, -0.1) is 0 Å². The molecule has 4 nitrogen and oxygen atoms in total. The highest BCUT2D eigenvalue weighted by molar-refractivity contribution is 5.99. The van der Waals surface area contributed by atoms with Crippen molar-refractivity contribution < 1.29 is 22.7 Å². The van der Waals surface area contributed by atoms with E-state index in [1.165, 1.54) is 0 Å². The molecule has 1 heterocycles. The number of nitrogen functional groups attached to an aromatic ring is 1. The molecule has 1 fully saturated rings. The highest BCUT2D eigenvalue weighted by atomic mass is 19.4. The van der Waals surface area contributed by atoms with Crippen LogP contribution in [0.4, 0.5) is 18.9 Å². The Morgan fingerprint density at radius 3 is 2.76 bits per heavy atom. The Morgan fingerprint density at radius 2 is 2.14 bits per heavy atom. The fraction of sp³-hybridized carbons (Fsp3) is 0.500. The number of alkyl halides is 3. The van der Waals surface area contributed by atoms with Gasteiger partial charge in [0.25, 0.3) is 5.91 Å². The van der Waals surface area contributed by atoms with Crippen molar-refractivity contribution in [3.8, 4) is 0 Å². The second kappa shape index (κ2) is 5.93. The number of hydrogen-bond acceptors (Lipinski definition) is 3. The van der Waals surface area contributed by atoms with Crippen LogP contribution in [0.25, 0.3) is 0 Å². The Bertz CT molecular complexity index is 531. The molecule has 3 N–H and O–H groups in total. The molecule has 1 aliphatic heterocycles. The molecule has 2 rings (SSSR count). The Balaban J connectivity index is 2.15. The number of carbonyl (C=O) groups excluding carboxylic acids is 1. The lowest BCUT2D eigenvalue weighted by Gasteiger charge is -2.28. The number of anilines is 1. The van der Waals surface area contributed by atoms with Crippen LogP contribution >= 0.6 is 0 Å². The predicted octanol–water partition coefficient (Wildman–Crippen LogP) is 2.58. The monoisotopic (exact) mass is 302 g/mol. The van der Waals surface area contributed by atoms with Gasteiger partial charge in [-0.1, -0.05) is 0 Å². The van der Waals surface area contributed by atoms with Crippen LogP contribution in [-0.2, 0) is 10.9 Å². The van der Waals surface area contributed by atoms with Crippen LogP contribution in [0.3, 0.4) is 0 Å². The molecule has 1 saturated heterocycles. The summed E-state index contributed by atoms with van der Waals surface area (Å²) in [6.07, 6.45) is -3.22. The lowest BCUT2D eigenvalue weighted by Crippen LogP contribution is -2.41.